The molecule has 154 valence electrons. The van der Waals surface area contributed by atoms with E-state index in [1.165, 1.54) is 17.7 Å². The molecule has 1 aliphatic rings. The minimum absolute atomic E-state index is 0.0290. The molecule has 6 nitrogen and oxygen atoms in total. The molecule has 0 radical (unpaired) electrons. The molecule has 3 aromatic carbocycles. The van der Waals surface area contributed by atoms with Crippen LogP contribution in [0.3, 0.4) is 0 Å². The number of carbonyl (C=O) groups excluding carboxylic acids is 1. The molecule has 0 spiro atoms. The van der Waals surface area contributed by atoms with Gasteiger partial charge in [-0.15, -0.1) is 0 Å². The fourth-order valence-corrected chi connectivity index (χ4v) is 4.77. The predicted molar refractivity (Wildman–Crippen MR) is 122 cm³/mol. The van der Waals surface area contributed by atoms with Crippen LogP contribution in [0.2, 0.25) is 0 Å². The molecule has 1 atom stereocenters. The van der Waals surface area contributed by atoms with Crippen LogP contribution in [-0.4, -0.2) is 27.3 Å². The van der Waals surface area contributed by atoms with Crippen LogP contribution in [-0.2, 0) is 6.42 Å². The number of aromatic nitrogens is 1. The van der Waals surface area contributed by atoms with Gasteiger partial charge >= 0.3 is 0 Å². The van der Waals surface area contributed by atoms with Gasteiger partial charge in [-0.1, -0.05) is 40.2 Å². The van der Waals surface area contributed by atoms with E-state index < -0.39 is 4.92 Å². The number of para-hydroxylation sites is 1. The lowest BCUT2D eigenvalue weighted by atomic mass is 9.91. The third-order valence-corrected chi connectivity index (χ3v) is 6.28. The van der Waals surface area contributed by atoms with E-state index in [0.29, 0.717) is 12.1 Å². The molecule has 1 N–H and O–H groups in total. The summed E-state index contributed by atoms with van der Waals surface area (Å²) < 4.78 is 0.841. The molecule has 1 aromatic heterocycles. The lowest BCUT2D eigenvalue weighted by Crippen LogP contribution is -2.40. The molecule has 2 heterocycles. The van der Waals surface area contributed by atoms with E-state index in [1.807, 2.05) is 41.3 Å². The summed E-state index contributed by atoms with van der Waals surface area (Å²) in [4.78, 5) is 29.6. The number of nitrogens with one attached hydrogen (secondary N) is 1. The monoisotopic (exact) mass is 475 g/mol. The molecule has 5 rings (SSSR count). The maximum absolute atomic E-state index is 13.5. The van der Waals surface area contributed by atoms with Crippen molar-refractivity contribution in [2.24, 2.45) is 0 Å². The first-order valence-corrected chi connectivity index (χ1v) is 10.7. The minimum Gasteiger partial charge on any atom is -0.356 e. The van der Waals surface area contributed by atoms with Gasteiger partial charge in [-0.05, 0) is 53.9 Å². The first-order chi connectivity index (χ1) is 15.0. The molecular formula is C24H18BrN3O3. The van der Waals surface area contributed by atoms with Crippen molar-refractivity contribution in [3.8, 4) is 0 Å². The summed E-state index contributed by atoms with van der Waals surface area (Å²) in [6.07, 6.45) is 0.739. The van der Waals surface area contributed by atoms with Crippen molar-refractivity contribution in [2.45, 2.75) is 12.5 Å². The van der Waals surface area contributed by atoms with E-state index in [0.717, 1.165) is 33.1 Å². The highest BCUT2D eigenvalue weighted by molar-refractivity contribution is 9.10. The summed E-state index contributed by atoms with van der Waals surface area (Å²) in [6.45, 7) is 0.557. The SMILES string of the molecule is O=C(c1cccc(Br)c1)N1CCc2c([nH]c3ccccc23)C1c1ccc([N+](=O)[O-])cc1. The molecule has 0 aliphatic carbocycles. The zero-order chi connectivity index (χ0) is 21.5. The Kier molecular flexibility index (Phi) is 4.82. The van der Waals surface area contributed by atoms with Gasteiger partial charge in [0.25, 0.3) is 11.6 Å². The van der Waals surface area contributed by atoms with Crippen LogP contribution in [0, 0.1) is 10.1 Å². The number of carbonyl (C=O) groups is 1. The minimum atomic E-state index is -0.413. The van der Waals surface area contributed by atoms with Crippen molar-refractivity contribution in [2.75, 3.05) is 6.54 Å². The Hall–Kier alpha value is -3.45. The zero-order valence-corrected chi connectivity index (χ0v) is 18.0. The van der Waals surface area contributed by atoms with Crippen molar-refractivity contribution in [1.29, 1.82) is 0 Å². The zero-order valence-electron chi connectivity index (χ0n) is 16.4. The highest BCUT2D eigenvalue weighted by Crippen LogP contribution is 2.39. The summed E-state index contributed by atoms with van der Waals surface area (Å²) in [5.74, 6) is -0.0750. The number of non-ortho nitro benzene ring substituents is 1. The highest BCUT2D eigenvalue weighted by Gasteiger charge is 2.35. The number of fused-ring (bicyclic) bond motifs is 3. The molecule has 1 amide bonds. The number of aromatic amines is 1. The number of hydrogen-bond donors (Lipinski definition) is 1. The number of rotatable bonds is 3. The molecular weight excluding hydrogens is 458 g/mol. The van der Waals surface area contributed by atoms with Crippen LogP contribution in [0.15, 0.2) is 77.3 Å². The second-order valence-corrected chi connectivity index (χ2v) is 8.49. The Balaban J connectivity index is 1.65. The average Bonchev–Trinajstić information content (AvgIpc) is 3.17. The number of nitro benzene ring substituents is 1. The number of H-pyrrole nitrogens is 1. The lowest BCUT2D eigenvalue weighted by Gasteiger charge is -2.36. The number of nitrogens with zero attached hydrogens (tertiary/aromatic N) is 2. The summed E-state index contributed by atoms with van der Waals surface area (Å²) in [7, 11) is 0. The van der Waals surface area contributed by atoms with Gasteiger partial charge < -0.3 is 9.88 Å². The molecule has 4 aromatic rings. The van der Waals surface area contributed by atoms with Crippen molar-refractivity contribution in [3.05, 3.63) is 110 Å². The van der Waals surface area contributed by atoms with Crippen molar-refractivity contribution in [1.82, 2.24) is 9.88 Å². The van der Waals surface area contributed by atoms with Gasteiger partial charge in [-0.25, -0.2) is 0 Å². The normalized spacial score (nSPS) is 15.6. The Morgan fingerprint density at radius 1 is 1.06 bits per heavy atom. The van der Waals surface area contributed by atoms with Gasteiger partial charge in [0.1, 0.15) is 0 Å². The molecule has 1 unspecified atom stereocenters. The number of amides is 1. The van der Waals surface area contributed by atoms with Crippen molar-refractivity contribution < 1.29 is 9.72 Å². The molecule has 0 saturated carbocycles. The third kappa shape index (κ3) is 3.41. The molecule has 0 bridgehead atoms. The van der Waals surface area contributed by atoms with E-state index in [2.05, 4.69) is 27.0 Å². The van der Waals surface area contributed by atoms with Crippen LogP contribution >= 0.6 is 15.9 Å². The maximum atomic E-state index is 13.5. The average molecular weight is 476 g/mol. The quantitative estimate of drug-likeness (QED) is 0.308. The largest absolute Gasteiger partial charge is 0.356 e. The van der Waals surface area contributed by atoms with Gasteiger partial charge in [0, 0.05) is 45.3 Å². The second kappa shape index (κ2) is 7.67. The summed E-state index contributed by atoms with van der Waals surface area (Å²) >= 11 is 3.44. The Morgan fingerprint density at radius 3 is 2.58 bits per heavy atom. The van der Waals surface area contributed by atoms with E-state index in [1.54, 1.807) is 18.2 Å². The molecule has 31 heavy (non-hydrogen) atoms. The van der Waals surface area contributed by atoms with Crippen LogP contribution in [0.4, 0.5) is 5.69 Å². The fourth-order valence-electron chi connectivity index (χ4n) is 4.37. The molecule has 7 heteroatoms. The molecule has 0 fully saturated rings. The van der Waals surface area contributed by atoms with E-state index in [9.17, 15) is 14.9 Å². The number of benzene rings is 3. The summed E-state index contributed by atoms with van der Waals surface area (Å²) in [5, 5.41) is 12.3. The van der Waals surface area contributed by atoms with Crippen molar-refractivity contribution in [3.63, 3.8) is 0 Å². The Bertz CT molecular complexity index is 1310. The molecule has 1 aliphatic heterocycles. The van der Waals surface area contributed by atoms with Gasteiger partial charge in [-0.3, -0.25) is 14.9 Å². The predicted octanol–water partition coefficient (Wildman–Crippen LogP) is 5.63. The van der Waals surface area contributed by atoms with Crippen LogP contribution in [0.5, 0.6) is 0 Å². The number of nitro groups is 1. The van der Waals surface area contributed by atoms with Gasteiger partial charge in [0.2, 0.25) is 0 Å². The fraction of sp³-hybridized carbons (Fsp3) is 0.125. The Labute approximate surface area is 186 Å². The third-order valence-electron chi connectivity index (χ3n) is 5.79. The van der Waals surface area contributed by atoms with Gasteiger partial charge in [0.15, 0.2) is 0 Å². The number of halogens is 1. The topological polar surface area (TPSA) is 79.2 Å². The van der Waals surface area contributed by atoms with E-state index >= 15 is 0 Å². The second-order valence-electron chi connectivity index (χ2n) is 7.57. The van der Waals surface area contributed by atoms with Crippen LogP contribution in [0.25, 0.3) is 10.9 Å². The first-order valence-electron chi connectivity index (χ1n) is 9.93. The van der Waals surface area contributed by atoms with Crippen LogP contribution in [0.1, 0.15) is 33.2 Å². The smallest absolute Gasteiger partial charge is 0.269 e. The van der Waals surface area contributed by atoms with E-state index in [4.69, 9.17) is 0 Å². The van der Waals surface area contributed by atoms with Crippen LogP contribution < -0.4 is 0 Å². The highest BCUT2D eigenvalue weighted by atomic mass is 79.9. The standard InChI is InChI=1S/C24H18BrN3O3/c25-17-5-3-4-16(14-17)24(29)27-13-12-20-19-6-1-2-7-21(19)26-22(20)23(27)15-8-10-18(11-9-15)28(30)31/h1-11,14,23,26H,12-13H2. The molecule has 0 saturated heterocycles. The van der Waals surface area contributed by atoms with Gasteiger partial charge in [-0.2, -0.15) is 0 Å². The lowest BCUT2D eigenvalue weighted by molar-refractivity contribution is -0.384. The summed E-state index contributed by atoms with van der Waals surface area (Å²) in [6, 6.07) is 21.6. The summed E-state index contributed by atoms with van der Waals surface area (Å²) in [5.41, 5.74) is 4.64. The number of hydrogen-bond acceptors (Lipinski definition) is 3. The van der Waals surface area contributed by atoms with Gasteiger partial charge in [0.05, 0.1) is 11.0 Å². The van der Waals surface area contributed by atoms with E-state index in [-0.39, 0.29) is 17.6 Å². The first kappa shape index (κ1) is 19.5. The van der Waals surface area contributed by atoms with Crippen molar-refractivity contribution >= 4 is 38.4 Å². The maximum Gasteiger partial charge on any atom is 0.269 e. The Morgan fingerprint density at radius 2 is 1.84 bits per heavy atom.